The second-order valence-electron chi connectivity index (χ2n) is 5.12. The Morgan fingerprint density at radius 2 is 2.04 bits per heavy atom. The lowest BCUT2D eigenvalue weighted by Crippen LogP contribution is -2.22. The summed E-state index contributed by atoms with van der Waals surface area (Å²) < 4.78 is 6.95. The number of ether oxygens (including phenoxy) is 1. The van der Waals surface area contributed by atoms with E-state index < -0.39 is 0 Å². The molecule has 2 N–H and O–H groups in total. The zero-order valence-corrected chi connectivity index (χ0v) is 13.9. The van der Waals surface area contributed by atoms with Gasteiger partial charge in [0.2, 0.25) is 0 Å². The molecule has 124 valence electrons. The first-order valence-electron chi connectivity index (χ1n) is 7.28. The molecule has 2 amide bonds. The zero-order valence-electron chi connectivity index (χ0n) is 13.2. The van der Waals surface area contributed by atoms with Crippen LogP contribution in [0.3, 0.4) is 0 Å². The molecule has 7 nitrogen and oxygen atoms in total. The number of benzene rings is 1. The van der Waals surface area contributed by atoms with E-state index in [2.05, 4.69) is 20.7 Å². The van der Waals surface area contributed by atoms with Crippen molar-refractivity contribution in [2.45, 2.75) is 13.0 Å². The van der Waals surface area contributed by atoms with Crippen molar-refractivity contribution in [3.8, 4) is 0 Å². The monoisotopic (exact) mass is 345 g/mol. The standard InChI is InChI=1S/C16H16ClN5O2/c1-10(24-2)15-12(9-18-14-8-13(17)21-22(14)15)20-16(23)19-11-6-4-3-5-7-11/h3-10H,1-2H3,(H2,19,20,23)/t10-/m0/s1. The lowest BCUT2D eigenvalue weighted by molar-refractivity contribution is 0.114. The molecule has 0 aliphatic carbocycles. The minimum absolute atomic E-state index is 0.318. The third-order valence-corrected chi connectivity index (χ3v) is 3.69. The van der Waals surface area contributed by atoms with Crippen molar-refractivity contribution < 1.29 is 9.53 Å². The average Bonchev–Trinajstić information content (AvgIpc) is 2.95. The number of fused-ring (bicyclic) bond motifs is 1. The van der Waals surface area contributed by atoms with Crippen LogP contribution in [0.2, 0.25) is 5.15 Å². The molecule has 0 bridgehead atoms. The molecule has 0 unspecified atom stereocenters. The Balaban J connectivity index is 1.92. The molecule has 0 spiro atoms. The zero-order chi connectivity index (χ0) is 17.1. The van der Waals surface area contributed by atoms with Crippen molar-refractivity contribution in [1.82, 2.24) is 14.6 Å². The molecule has 0 aliphatic rings. The smallest absolute Gasteiger partial charge is 0.323 e. The summed E-state index contributed by atoms with van der Waals surface area (Å²) in [5.41, 5.74) is 2.41. The first kappa shape index (κ1) is 16.2. The van der Waals surface area contributed by atoms with Crippen molar-refractivity contribution in [2.75, 3.05) is 17.7 Å². The van der Waals surface area contributed by atoms with E-state index in [9.17, 15) is 4.79 Å². The summed E-state index contributed by atoms with van der Waals surface area (Å²) in [6.45, 7) is 1.85. The van der Waals surface area contributed by atoms with Gasteiger partial charge in [-0.1, -0.05) is 29.8 Å². The molecular weight excluding hydrogens is 330 g/mol. The first-order chi connectivity index (χ1) is 11.6. The van der Waals surface area contributed by atoms with Gasteiger partial charge < -0.3 is 15.4 Å². The normalized spacial score (nSPS) is 12.1. The van der Waals surface area contributed by atoms with Gasteiger partial charge >= 0.3 is 6.03 Å². The molecule has 2 aromatic heterocycles. The maximum atomic E-state index is 12.2. The maximum absolute atomic E-state index is 12.2. The third kappa shape index (κ3) is 3.32. The van der Waals surface area contributed by atoms with Crippen molar-refractivity contribution >= 4 is 34.7 Å². The predicted molar refractivity (Wildman–Crippen MR) is 92.5 cm³/mol. The van der Waals surface area contributed by atoms with Crippen LogP contribution in [-0.2, 0) is 4.74 Å². The van der Waals surface area contributed by atoms with Crippen molar-refractivity contribution in [3.05, 3.63) is 53.4 Å². The van der Waals surface area contributed by atoms with E-state index in [4.69, 9.17) is 16.3 Å². The summed E-state index contributed by atoms with van der Waals surface area (Å²) in [5, 5.41) is 10.1. The van der Waals surface area contributed by atoms with E-state index in [-0.39, 0.29) is 12.1 Å². The SMILES string of the molecule is CO[C@@H](C)c1c(NC(=O)Nc2ccccc2)cnc2cc(Cl)nn12. The van der Waals surface area contributed by atoms with Gasteiger partial charge in [-0.05, 0) is 19.1 Å². The molecule has 3 rings (SSSR count). The van der Waals surface area contributed by atoms with E-state index in [0.29, 0.717) is 27.9 Å². The lowest BCUT2D eigenvalue weighted by Gasteiger charge is -2.17. The van der Waals surface area contributed by atoms with Gasteiger partial charge in [-0.3, -0.25) is 0 Å². The number of nitrogens with one attached hydrogen (secondary N) is 2. The Kier molecular flexibility index (Phi) is 4.64. The van der Waals surface area contributed by atoms with Crippen LogP contribution in [0.25, 0.3) is 5.65 Å². The van der Waals surface area contributed by atoms with Gasteiger partial charge in [0.1, 0.15) is 0 Å². The number of amides is 2. The molecule has 2 heterocycles. The average molecular weight is 346 g/mol. The number of nitrogens with zero attached hydrogens (tertiary/aromatic N) is 3. The number of hydrogen-bond donors (Lipinski definition) is 2. The number of anilines is 2. The highest BCUT2D eigenvalue weighted by Gasteiger charge is 2.18. The summed E-state index contributed by atoms with van der Waals surface area (Å²) in [6.07, 6.45) is 1.24. The van der Waals surface area contributed by atoms with Crippen LogP contribution < -0.4 is 10.6 Å². The fraction of sp³-hybridized carbons (Fsp3) is 0.188. The third-order valence-electron chi connectivity index (χ3n) is 3.51. The Morgan fingerprint density at radius 1 is 1.29 bits per heavy atom. The molecule has 24 heavy (non-hydrogen) atoms. The van der Waals surface area contributed by atoms with Gasteiger partial charge in [-0.15, -0.1) is 0 Å². The molecule has 0 radical (unpaired) electrons. The second-order valence-corrected chi connectivity index (χ2v) is 5.50. The van der Waals surface area contributed by atoms with Crippen LogP contribution in [0, 0.1) is 0 Å². The molecule has 1 aromatic carbocycles. The van der Waals surface area contributed by atoms with E-state index in [1.807, 2.05) is 25.1 Å². The number of urea groups is 1. The molecular formula is C16H16ClN5O2. The highest BCUT2D eigenvalue weighted by Crippen LogP contribution is 2.26. The number of methoxy groups -OCH3 is 1. The maximum Gasteiger partial charge on any atom is 0.323 e. The molecule has 8 heteroatoms. The quantitative estimate of drug-likeness (QED) is 0.755. The summed E-state index contributed by atoms with van der Waals surface area (Å²) in [5.74, 6) is 0. The fourth-order valence-corrected chi connectivity index (χ4v) is 2.50. The first-order valence-corrected chi connectivity index (χ1v) is 7.66. The molecule has 3 aromatic rings. The summed E-state index contributed by atoms with van der Waals surface area (Å²) in [6, 6.07) is 10.4. The van der Waals surface area contributed by atoms with Gasteiger partial charge in [-0.2, -0.15) is 5.10 Å². The minimum Gasteiger partial charge on any atom is -0.375 e. The fourth-order valence-electron chi connectivity index (χ4n) is 2.33. The number of carbonyl (C=O) groups is 1. The van der Waals surface area contributed by atoms with Crippen LogP contribution >= 0.6 is 11.6 Å². The highest BCUT2D eigenvalue weighted by atomic mass is 35.5. The Bertz CT molecular complexity index is 866. The second kappa shape index (κ2) is 6.86. The number of aromatic nitrogens is 3. The minimum atomic E-state index is -0.384. The van der Waals surface area contributed by atoms with Crippen LogP contribution in [0.15, 0.2) is 42.6 Å². The predicted octanol–water partition coefficient (Wildman–Crippen LogP) is 3.73. The summed E-state index contributed by atoms with van der Waals surface area (Å²) in [7, 11) is 1.58. The van der Waals surface area contributed by atoms with Crippen LogP contribution in [0.1, 0.15) is 18.7 Å². The Hall–Kier alpha value is -2.64. The lowest BCUT2D eigenvalue weighted by atomic mass is 10.2. The van der Waals surface area contributed by atoms with Crippen LogP contribution in [0.5, 0.6) is 0 Å². The Morgan fingerprint density at radius 3 is 2.75 bits per heavy atom. The van der Waals surface area contributed by atoms with Crippen molar-refractivity contribution in [2.24, 2.45) is 0 Å². The summed E-state index contributed by atoms with van der Waals surface area (Å²) in [4.78, 5) is 16.5. The molecule has 1 atom stereocenters. The topological polar surface area (TPSA) is 80.5 Å². The number of carbonyl (C=O) groups excluding carboxylic acids is 1. The van der Waals surface area contributed by atoms with E-state index >= 15 is 0 Å². The largest absolute Gasteiger partial charge is 0.375 e. The van der Waals surface area contributed by atoms with Crippen LogP contribution in [-0.4, -0.2) is 27.7 Å². The van der Waals surface area contributed by atoms with E-state index in [0.717, 1.165) is 0 Å². The molecule has 0 saturated heterocycles. The Labute approximate surface area is 143 Å². The molecule has 0 fully saturated rings. The van der Waals surface area contributed by atoms with Crippen molar-refractivity contribution in [3.63, 3.8) is 0 Å². The number of rotatable bonds is 4. The molecule has 0 aliphatic heterocycles. The number of hydrogen-bond acceptors (Lipinski definition) is 4. The van der Waals surface area contributed by atoms with Crippen molar-refractivity contribution in [1.29, 1.82) is 0 Å². The van der Waals surface area contributed by atoms with Gasteiger partial charge in [0.05, 0.1) is 23.7 Å². The van der Waals surface area contributed by atoms with Gasteiger partial charge in [0, 0.05) is 18.9 Å². The molecule has 0 saturated carbocycles. The number of halogens is 1. The van der Waals surface area contributed by atoms with E-state index in [1.54, 1.807) is 36.0 Å². The van der Waals surface area contributed by atoms with Crippen LogP contribution in [0.4, 0.5) is 16.2 Å². The van der Waals surface area contributed by atoms with Gasteiger partial charge in [0.25, 0.3) is 0 Å². The van der Waals surface area contributed by atoms with Gasteiger partial charge in [-0.25, -0.2) is 14.3 Å². The highest BCUT2D eigenvalue weighted by molar-refractivity contribution is 6.29. The summed E-state index contributed by atoms with van der Waals surface area (Å²) >= 11 is 5.96. The van der Waals surface area contributed by atoms with E-state index in [1.165, 1.54) is 0 Å². The number of para-hydroxylation sites is 1. The van der Waals surface area contributed by atoms with Gasteiger partial charge in [0.15, 0.2) is 10.8 Å².